The van der Waals surface area contributed by atoms with Crippen molar-refractivity contribution in [1.29, 1.82) is 0 Å². The minimum Gasteiger partial charge on any atom is -0.464 e. The van der Waals surface area contributed by atoms with Crippen LogP contribution in [0.1, 0.15) is 35.4 Å². The summed E-state index contributed by atoms with van der Waals surface area (Å²) in [6.45, 7) is 2.48. The van der Waals surface area contributed by atoms with E-state index in [1.165, 1.54) is 35.7 Å². The molecule has 1 aliphatic heterocycles. The van der Waals surface area contributed by atoms with Crippen LogP contribution in [0, 0.1) is 11.7 Å². The smallest absolute Gasteiger partial charge is 0.356 e. The summed E-state index contributed by atoms with van der Waals surface area (Å²) < 4.78 is 45.3. The first kappa shape index (κ1) is 23.3. The number of methoxy groups -OCH3 is 1. The van der Waals surface area contributed by atoms with E-state index >= 15 is 0 Å². The molecule has 1 aliphatic rings. The van der Waals surface area contributed by atoms with E-state index in [9.17, 15) is 17.6 Å². The van der Waals surface area contributed by atoms with E-state index in [0.29, 0.717) is 23.6 Å². The van der Waals surface area contributed by atoms with Gasteiger partial charge in [-0.05, 0) is 36.6 Å². The summed E-state index contributed by atoms with van der Waals surface area (Å²) in [5.41, 5.74) is 1.19. The fraction of sp³-hybridized carbons (Fsp3) is 0.333. The van der Waals surface area contributed by atoms with Gasteiger partial charge in [-0.2, -0.15) is 4.31 Å². The van der Waals surface area contributed by atoms with Gasteiger partial charge in [-0.25, -0.2) is 32.6 Å². The highest BCUT2D eigenvalue weighted by Gasteiger charge is 2.36. The molecule has 12 heteroatoms. The molecule has 1 saturated heterocycles. The molecule has 0 unspecified atom stereocenters. The lowest BCUT2D eigenvalue weighted by atomic mass is 9.86. The van der Waals surface area contributed by atoms with Crippen molar-refractivity contribution in [3.05, 3.63) is 59.0 Å². The summed E-state index contributed by atoms with van der Waals surface area (Å²) >= 11 is 6.38. The molecule has 1 N–H and O–H groups in total. The number of ether oxygens (including phenoxy) is 1. The van der Waals surface area contributed by atoms with E-state index in [4.69, 9.17) is 11.6 Å². The fourth-order valence-electron chi connectivity index (χ4n) is 3.91. The Morgan fingerprint density at radius 3 is 2.64 bits per heavy atom. The average Bonchev–Trinajstić information content (AvgIpc) is 3.20. The predicted octanol–water partition coefficient (Wildman–Crippen LogP) is 3.26. The zero-order chi connectivity index (χ0) is 23.8. The van der Waals surface area contributed by atoms with Crippen molar-refractivity contribution in [3.8, 4) is 11.5 Å². The molecule has 4 heterocycles. The van der Waals surface area contributed by atoms with Crippen molar-refractivity contribution >= 4 is 27.6 Å². The second-order valence-corrected chi connectivity index (χ2v) is 10.1. The van der Waals surface area contributed by atoms with Crippen molar-refractivity contribution < 1.29 is 22.3 Å². The number of hydrogen-bond donors (Lipinski definition) is 1. The number of halogens is 2. The summed E-state index contributed by atoms with van der Waals surface area (Å²) in [7, 11) is -2.56. The van der Waals surface area contributed by atoms with Gasteiger partial charge in [0.15, 0.2) is 11.0 Å². The number of pyridine rings is 2. The lowest BCUT2D eigenvalue weighted by Gasteiger charge is -2.35. The van der Waals surface area contributed by atoms with E-state index in [2.05, 4.69) is 24.7 Å². The number of sulfonamides is 1. The lowest BCUT2D eigenvalue weighted by molar-refractivity contribution is 0.0594. The number of rotatable bonds is 5. The normalized spacial score (nSPS) is 19.4. The number of carbonyl (C=O) groups excluding carboxylic acids is 1. The van der Waals surface area contributed by atoms with Crippen LogP contribution in [-0.2, 0) is 14.8 Å². The number of nitrogens with zero attached hydrogens (tertiary/aromatic N) is 4. The van der Waals surface area contributed by atoms with E-state index in [0.717, 1.165) is 12.4 Å². The Morgan fingerprint density at radius 1 is 1.24 bits per heavy atom. The van der Waals surface area contributed by atoms with Crippen molar-refractivity contribution in [2.45, 2.75) is 24.2 Å². The van der Waals surface area contributed by atoms with Crippen molar-refractivity contribution in [3.63, 3.8) is 0 Å². The number of aromatic amines is 1. The van der Waals surface area contributed by atoms with Gasteiger partial charge in [-0.3, -0.25) is 0 Å². The fourth-order valence-corrected chi connectivity index (χ4v) is 5.68. The maximum absolute atomic E-state index is 13.2. The molecule has 33 heavy (non-hydrogen) atoms. The Labute approximate surface area is 195 Å². The molecular weight excluding hydrogens is 473 g/mol. The monoisotopic (exact) mass is 493 g/mol. The van der Waals surface area contributed by atoms with Gasteiger partial charge in [0.2, 0.25) is 10.0 Å². The Bertz CT molecular complexity index is 1260. The lowest BCUT2D eigenvalue weighted by Crippen LogP contribution is -2.42. The molecular formula is C21H21ClFN5O4S. The van der Waals surface area contributed by atoms with Gasteiger partial charge in [0.25, 0.3) is 0 Å². The van der Waals surface area contributed by atoms with Gasteiger partial charge in [-0.1, -0.05) is 18.5 Å². The van der Waals surface area contributed by atoms with Crippen LogP contribution in [0.25, 0.3) is 11.5 Å². The number of piperidine rings is 1. The predicted molar refractivity (Wildman–Crippen MR) is 118 cm³/mol. The van der Waals surface area contributed by atoms with Crippen LogP contribution in [0.5, 0.6) is 0 Å². The molecule has 3 aromatic rings. The molecule has 0 amide bonds. The maximum atomic E-state index is 13.2. The van der Waals surface area contributed by atoms with E-state index < -0.39 is 21.8 Å². The number of imidazole rings is 1. The van der Waals surface area contributed by atoms with Crippen LogP contribution in [0.3, 0.4) is 0 Å². The third kappa shape index (κ3) is 4.61. The number of H-pyrrole nitrogens is 1. The quantitative estimate of drug-likeness (QED) is 0.542. The Kier molecular flexibility index (Phi) is 6.46. The molecule has 0 spiro atoms. The number of nitrogens with one attached hydrogen (secondary N) is 1. The number of esters is 1. The van der Waals surface area contributed by atoms with Gasteiger partial charge in [-0.15, -0.1) is 0 Å². The Morgan fingerprint density at radius 2 is 2.03 bits per heavy atom. The summed E-state index contributed by atoms with van der Waals surface area (Å²) in [6.07, 6.45) is 2.78. The highest BCUT2D eigenvalue weighted by atomic mass is 35.5. The minimum absolute atomic E-state index is 0.00467. The van der Waals surface area contributed by atoms with Gasteiger partial charge < -0.3 is 9.72 Å². The highest BCUT2D eigenvalue weighted by Crippen LogP contribution is 2.37. The molecule has 4 rings (SSSR count). The van der Waals surface area contributed by atoms with E-state index in [1.807, 2.05) is 6.92 Å². The van der Waals surface area contributed by atoms with Crippen LogP contribution in [0.4, 0.5) is 4.39 Å². The zero-order valence-electron chi connectivity index (χ0n) is 17.8. The molecule has 1 fully saturated rings. The molecule has 0 saturated carbocycles. The summed E-state index contributed by atoms with van der Waals surface area (Å²) in [5.74, 6) is -0.781. The number of hydrogen-bond acceptors (Lipinski definition) is 7. The first-order valence-corrected chi connectivity index (χ1v) is 11.9. The van der Waals surface area contributed by atoms with Crippen molar-refractivity contribution in [1.82, 2.24) is 24.2 Å². The summed E-state index contributed by atoms with van der Waals surface area (Å²) in [5, 5.41) is 0.284. The largest absolute Gasteiger partial charge is 0.464 e. The number of carbonyl (C=O) groups is 1. The third-order valence-corrected chi connectivity index (χ3v) is 7.80. The van der Waals surface area contributed by atoms with Crippen molar-refractivity contribution in [2.24, 2.45) is 5.92 Å². The van der Waals surface area contributed by atoms with Gasteiger partial charge >= 0.3 is 5.97 Å². The third-order valence-electron chi connectivity index (χ3n) is 5.66. The average molecular weight is 494 g/mol. The zero-order valence-corrected chi connectivity index (χ0v) is 19.4. The molecule has 174 valence electrons. The summed E-state index contributed by atoms with van der Waals surface area (Å²) in [6, 6.07) is 5.47. The molecule has 2 atom stereocenters. The van der Waals surface area contributed by atoms with E-state index in [-0.39, 0.29) is 40.7 Å². The van der Waals surface area contributed by atoms with E-state index in [1.54, 1.807) is 0 Å². The molecule has 0 aliphatic carbocycles. The maximum Gasteiger partial charge on any atom is 0.356 e. The first-order valence-electron chi connectivity index (χ1n) is 10.1. The van der Waals surface area contributed by atoms with Crippen LogP contribution >= 0.6 is 11.6 Å². The van der Waals surface area contributed by atoms with Gasteiger partial charge in [0.05, 0.1) is 19.0 Å². The molecule has 3 aromatic heterocycles. The Hall–Kier alpha value is -2.89. The minimum atomic E-state index is -3.79. The van der Waals surface area contributed by atoms with Crippen LogP contribution in [0.15, 0.2) is 41.6 Å². The SMILES string of the molecule is COC(=O)c1ccc(S(=O)(=O)N2CC[C@@H](c3[nH]c(-c4ccc(F)cn4)nc3Cl)[C@@H](C)C2)cn1. The summed E-state index contributed by atoms with van der Waals surface area (Å²) in [4.78, 5) is 27.0. The molecule has 0 radical (unpaired) electrons. The van der Waals surface area contributed by atoms with Gasteiger partial charge in [0.1, 0.15) is 22.1 Å². The van der Waals surface area contributed by atoms with Crippen LogP contribution in [0.2, 0.25) is 5.15 Å². The molecule has 0 bridgehead atoms. The van der Waals surface area contributed by atoms with Crippen LogP contribution in [-0.4, -0.2) is 58.8 Å². The standard InChI is InChI=1S/C21H21ClFN5O4S/c1-12-11-28(33(30,31)14-4-6-17(25-10-14)21(29)32-2)8-7-15(12)18-19(22)27-20(26-18)16-5-3-13(23)9-24-16/h3-6,9-10,12,15H,7-8,11H2,1-2H3,(H,26,27)/t12-,15+/m0/s1. The van der Waals surface area contributed by atoms with Gasteiger partial charge in [0, 0.05) is 25.2 Å². The van der Waals surface area contributed by atoms with Crippen molar-refractivity contribution in [2.75, 3.05) is 20.2 Å². The highest BCUT2D eigenvalue weighted by molar-refractivity contribution is 7.89. The number of aromatic nitrogens is 4. The van der Waals surface area contributed by atoms with Crippen LogP contribution < -0.4 is 0 Å². The second kappa shape index (κ2) is 9.16. The molecule has 0 aromatic carbocycles. The topological polar surface area (TPSA) is 118 Å². The Balaban J connectivity index is 1.51. The second-order valence-electron chi connectivity index (χ2n) is 7.76. The first-order chi connectivity index (χ1) is 15.7. The molecule has 9 nitrogen and oxygen atoms in total.